The molecule has 0 fully saturated rings. The normalized spacial score (nSPS) is 10.2. The van der Waals surface area contributed by atoms with E-state index in [0.29, 0.717) is 30.1 Å². The Kier molecular flexibility index (Phi) is 4.77. The van der Waals surface area contributed by atoms with Gasteiger partial charge in [0.25, 0.3) is 5.91 Å². The summed E-state index contributed by atoms with van der Waals surface area (Å²) in [5.74, 6) is 0.211. The van der Waals surface area contributed by atoms with Gasteiger partial charge in [-0.15, -0.1) is 0 Å². The maximum atomic E-state index is 12.8. The van der Waals surface area contributed by atoms with E-state index in [0.717, 1.165) is 5.56 Å². The van der Waals surface area contributed by atoms with Crippen molar-refractivity contribution < 1.29 is 18.7 Å². The molecule has 0 unspecified atom stereocenters. The third kappa shape index (κ3) is 3.95. The minimum Gasteiger partial charge on any atom is -0.496 e. The van der Waals surface area contributed by atoms with Crippen LogP contribution in [0.4, 0.5) is 4.39 Å². The number of hydrogen-bond acceptors (Lipinski definition) is 3. The number of methoxy groups -OCH3 is 1. The molecule has 0 saturated heterocycles. The van der Waals surface area contributed by atoms with Gasteiger partial charge in [0.05, 0.1) is 19.3 Å². The summed E-state index contributed by atoms with van der Waals surface area (Å²) >= 11 is 0. The number of nitrogens with two attached hydrogens (primary N) is 1. The van der Waals surface area contributed by atoms with Gasteiger partial charge in [-0.1, -0.05) is 6.07 Å². The first-order valence-electron chi connectivity index (χ1n) is 6.45. The van der Waals surface area contributed by atoms with Gasteiger partial charge in [-0.25, -0.2) is 4.39 Å². The second-order valence-corrected chi connectivity index (χ2v) is 4.45. The van der Waals surface area contributed by atoms with E-state index in [1.54, 1.807) is 24.3 Å². The van der Waals surface area contributed by atoms with Crippen LogP contribution in [-0.4, -0.2) is 19.6 Å². The maximum absolute atomic E-state index is 12.8. The van der Waals surface area contributed by atoms with Gasteiger partial charge in [-0.3, -0.25) is 4.79 Å². The van der Waals surface area contributed by atoms with Crippen molar-refractivity contribution in [3.63, 3.8) is 0 Å². The number of benzene rings is 2. The Balaban J connectivity index is 1.98. The molecule has 1 amide bonds. The number of carbonyl (C=O) groups is 1. The molecule has 0 spiro atoms. The summed E-state index contributed by atoms with van der Waals surface area (Å²) < 4.78 is 23.3. The Bertz CT molecular complexity index is 626. The predicted molar refractivity (Wildman–Crippen MR) is 77.1 cm³/mol. The van der Waals surface area contributed by atoms with Crippen LogP contribution in [0.1, 0.15) is 15.9 Å². The lowest BCUT2D eigenvalue weighted by Gasteiger charge is -2.09. The summed E-state index contributed by atoms with van der Waals surface area (Å²) in [6, 6.07) is 11.1. The molecule has 0 aromatic heterocycles. The molecule has 0 heterocycles. The van der Waals surface area contributed by atoms with E-state index in [4.69, 9.17) is 15.2 Å². The maximum Gasteiger partial charge on any atom is 0.252 e. The van der Waals surface area contributed by atoms with Crippen molar-refractivity contribution >= 4 is 5.91 Å². The summed E-state index contributed by atoms with van der Waals surface area (Å²) in [4.78, 5) is 11.3. The molecule has 2 rings (SSSR count). The number of rotatable bonds is 6. The molecule has 110 valence electrons. The van der Waals surface area contributed by atoms with E-state index >= 15 is 0 Å². The van der Waals surface area contributed by atoms with Crippen LogP contribution in [0.2, 0.25) is 0 Å². The van der Waals surface area contributed by atoms with Crippen LogP contribution in [0, 0.1) is 5.82 Å². The minimum atomic E-state index is -0.534. The SMILES string of the molecule is COc1ccc(CCOc2ccc(F)cc2)cc1C(N)=O. The van der Waals surface area contributed by atoms with Gasteiger partial charge < -0.3 is 15.2 Å². The van der Waals surface area contributed by atoms with Gasteiger partial charge in [-0.2, -0.15) is 0 Å². The molecule has 0 saturated carbocycles. The number of ether oxygens (including phenoxy) is 2. The fourth-order valence-electron chi connectivity index (χ4n) is 1.92. The number of hydrogen-bond donors (Lipinski definition) is 1. The fourth-order valence-corrected chi connectivity index (χ4v) is 1.92. The lowest BCUT2D eigenvalue weighted by Crippen LogP contribution is -2.13. The summed E-state index contributed by atoms with van der Waals surface area (Å²) in [6.07, 6.45) is 0.599. The molecule has 2 aromatic carbocycles. The quantitative estimate of drug-likeness (QED) is 0.889. The predicted octanol–water partition coefficient (Wildman–Crippen LogP) is 2.55. The first-order chi connectivity index (χ1) is 10.1. The largest absolute Gasteiger partial charge is 0.496 e. The van der Waals surface area contributed by atoms with Gasteiger partial charge >= 0.3 is 0 Å². The highest BCUT2D eigenvalue weighted by atomic mass is 19.1. The standard InChI is InChI=1S/C16H16FNO3/c1-20-15-7-2-11(10-14(15)16(18)19)8-9-21-13-5-3-12(17)4-6-13/h2-7,10H,8-9H2,1H3,(H2,18,19). The molecule has 0 bridgehead atoms. The number of primary amides is 1. The van der Waals surface area contributed by atoms with E-state index in [9.17, 15) is 9.18 Å². The molecule has 0 aliphatic heterocycles. The topological polar surface area (TPSA) is 61.6 Å². The summed E-state index contributed by atoms with van der Waals surface area (Å²) in [5.41, 5.74) is 6.56. The molecule has 4 nitrogen and oxygen atoms in total. The van der Waals surface area contributed by atoms with Gasteiger partial charge in [0.15, 0.2) is 0 Å². The molecule has 2 aromatic rings. The van der Waals surface area contributed by atoms with Crippen LogP contribution in [0.15, 0.2) is 42.5 Å². The highest BCUT2D eigenvalue weighted by Crippen LogP contribution is 2.20. The van der Waals surface area contributed by atoms with Crippen molar-refractivity contribution in [1.29, 1.82) is 0 Å². The highest BCUT2D eigenvalue weighted by Gasteiger charge is 2.09. The van der Waals surface area contributed by atoms with Gasteiger partial charge in [0.2, 0.25) is 0 Å². The zero-order valence-corrected chi connectivity index (χ0v) is 11.6. The Morgan fingerprint density at radius 1 is 1.19 bits per heavy atom. The van der Waals surface area contributed by atoms with Crippen LogP contribution in [0.5, 0.6) is 11.5 Å². The zero-order valence-electron chi connectivity index (χ0n) is 11.6. The molecule has 0 atom stereocenters. The zero-order chi connectivity index (χ0) is 15.2. The molecule has 5 heteroatoms. The minimum absolute atomic E-state index is 0.302. The number of carbonyl (C=O) groups excluding carboxylic acids is 1. The van der Waals surface area contributed by atoms with Crippen molar-refractivity contribution in [2.45, 2.75) is 6.42 Å². The van der Waals surface area contributed by atoms with Gasteiger partial charge in [0.1, 0.15) is 17.3 Å². The van der Waals surface area contributed by atoms with E-state index in [2.05, 4.69) is 0 Å². The van der Waals surface area contributed by atoms with E-state index < -0.39 is 5.91 Å². The Labute approximate surface area is 122 Å². The lowest BCUT2D eigenvalue weighted by atomic mass is 10.1. The van der Waals surface area contributed by atoms with Crippen LogP contribution < -0.4 is 15.2 Å². The first-order valence-corrected chi connectivity index (χ1v) is 6.45. The molecule has 21 heavy (non-hydrogen) atoms. The van der Waals surface area contributed by atoms with Crippen molar-refractivity contribution in [2.24, 2.45) is 5.73 Å². The van der Waals surface area contributed by atoms with E-state index in [1.807, 2.05) is 6.07 Å². The van der Waals surface area contributed by atoms with Crippen LogP contribution >= 0.6 is 0 Å². The first kappa shape index (κ1) is 14.8. The Hall–Kier alpha value is -2.56. The van der Waals surface area contributed by atoms with E-state index in [-0.39, 0.29) is 5.82 Å². The molecule has 0 aliphatic rings. The van der Waals surface area contributed by atoms with Gasteiger partial charge in [-0.05, 0) is 42.0 Å². The molecule has 0 aliphatic carbocycles. The number of halogens is 1. The third-order valence-corrected chi connectivity index (χ3v) is 3.00. The smallest absolute Gasteiger partial charge is 0.252 e. The molecular weight excluding hydrogens is 273 g/mol. The van der Waals surface area contributed by atoms with Crippen LogP contribution in [-0.2, 0) is 6.42 Å². The fraction of sp³-hybridized carbons (Fsp3) is 0.188. The summed E-state index contributed by atoms with van der Waals surface area (Å²) in [7, 11) is 1.49. The van der Waals surface area contributed by atoms with Gasteiger partial charge in [0, 0.05) is 6.42 Å². The summed E-state index contributed by atoms with van der Waals surface area (Å²) in [5, 5.41) is 0. The number of amides is 1. The Morgan fingerprint density at radius 2 is 1.90 bits per heavy atom. The average molecular weight is 289 g/mol. The molecule has 0 radical (unpaired) electrons. The van der Waals surface area contributed by atoms with Crippen molar-refractivity contribution in [1.82, 2.24) is 0 Å². The average Bonchev–Trinajstić information content (AvgIpc) is 2.49. The molecule has 2 N–H and O–H groups in total. The van der Waals surface area contributed by atoms with Crippen molar-refractivity contribution in [2.75, 3.05) is 13.7 Å². The second-order valence-electron chi connectivity index (χ2n) is 4.45. The van der Waals surface area contributed by atoms with Crippen molar-refractivity contribution in [3.8, 4) is 11.5 Å². The van der Waals surface area contributed by atoms with Crippen LogP contribution in [0.3, 0.4) is 0 Å². The second kappa shape index (κ2) is 6.74. The Morgan fingerprint density at radius 3 is 2.52 bits per heavy atom. The highest BCUT2D eigenvalue weighted by molar-refractivity contribution is 5.95. The van der Waals surface area contributed by atoms with Crippen molar-refractivity contribution in [3.05, 3.63) is 59.4 Å². The lowest BCUT2D eigenvalue weighted by molar-refractivity contribution is 0.0997. The van der Waals surface area contributed by atoms with E-state index in [1.165, 1.54) is 19.2 Å². The summed E-state index contributed by atoms with van der Waals surface area (Å²) in [6.45, 7) is 0.413. The monoisotopic (exact) mass is 289 g/mol. The van der Waals surface area contributed by atoms with Crippen LogP contribution in [0.25, 0.3) is 0 Å². The third-order valence-electron chi connectivity index (χ3n) is 3.00. The molecular formula is C16H16FNO3.